The van der Waals surface area contributed by atoms with E-state index in [1.807, 2.05) is 6.07 Å². The number of sulfonamides is 1. The summed E-state index contributed by atoms with van der Waals surface area (Å²) in [6.45, 7) is 3.16. The van der Waals surface area contributed by atoms with Crippen LogP contribution >= 0.6 is 0 Å². The number of anilines is 3. The largest absolute Gasteiger partial charge is 0.495 e. The molecule has 2 aromatic carbocycles. The molecule has 0 spiro atoms. The zero-order chi connectivity index (χ0) is 28.9. The van der Waals surface area contributed by atoms with Crippen LogP contribution in [0.15, 0.2) is 39.8 Å². The predicted molar refractivity (Wildman–Crippen MR) is 154 cm³/mol. The molecule has 0 bridgehead atoms. The summed E-state index contributed by atoms with van der Waals surface area (Å²) in [5, 5.41) is 15.1. The van der Waals surface area contributed by atoms with Crippen molar-refractivity contribution in [2.45, 2.75) is 43.0 Å². The van der Waals surface area contributed by atoms with Crippen LogP contribution in [0.25, 0.3) is 11.0 Å². The molecule has 41 heavy (non-hydrogen) atoms. The highest BCUT2D eigenvalue weighted by molar-refractivity contribution is 7.93. The number of fused-ring (bicyclic) bond motifs is 1. The van der Waals surface area contributed by atoms with Gasteiger partial charge in [-0.1, -0.05) is 12.1 Å². The van der Waals surface area contributed by atoms with E-state index in [1.165, 1.54) is 21.3 Å². The van der Waals surface area contributed by atoms with Gasteiger partial charge in [-0.25, -0.2) is 8.42 Å². The van der Waals surface area contributed by atoms with Gasteiger partial charge in [-0.3, -0.25) is 14.7 Å². The van der Waals surface area contributed by atoms with Crippen molar-refractivity contribution in [1.82, 2.24) is 20.3 Å². The lowest BCUT2D eigenvalue weighted by atomic mass is 10.0. The van der Waals surface area contributed by atoms with Crippen LogP contribution in [0.4, 0.5) is 17.3 Å². The van der Waals surface area contributed by atoms with Crippen LogP contribution in [0.3, 0.4) is 0 Å². The van der Waals surface area contributed by atoms with E-state index in [0.29, 0.717) is 40.1 Å². The quantitative estimate of drug-likeness (QED) is 0.233. The highest BCUT2D eigenvalue weighted by Crippen LogP contribution is 2.43. The molecule has 6 rings (SSSR count). The Morgan fingerprint density at radius 2 is 1.73 bits per heavy atom. The van der Waals surface area contributed by atoms with E-state index in [-0.39, 0.29) is 28.3 Å². The summed E-state index contributed by atoms with van der Waals surface area (Å²) in [5.74, 6) is 2.60. The Kier molecular flexibility index (Phi) is 6.94. The third-order valence-electron chi connectivity index (χ3n) is 7.78. The Balaban J connectivity index is 1.32. The van der Waals surface area contributed by atoms with Crippen LogP contribution in [0.1, 0.15) is 49.4 Å². The molecule has 1 aliphatic carbocycles. The van der Waals surface area contributed by atoms with Gasteiger partial charge in [-0.15, -0.1) is 0 Å². The van der Waals surface area contributed by atoms with E-state index in [1.54, 1.807) is 24.3 Å². The number of H-pyrrole nitrogens is 1. The van der Waals surface area contributed by atoms with Gasteiger partial charge in [0.15, 0.2) is 16.3 Å². The van der Waals surface area contributed by atoms with Crippen LogP contribution in [0.2, 0.25) is 0 Å². The van der Waals surface area contributed by atoms with Crippen molar-refractivity contribution in [2.75, 3.05) is 45.0 Å². The molecular weight excluding hydrogens is 548 g/mol. The SMILES string of the molecule is COc1cc2c(NS(=O)(=O)c3c(OC)cc(C4C[C@H](C)CN4C)cc3OC)noc2cc1Nc1cc(C2CC2)n[nH]1. The Hall–Kier alpha value is -3.97. The first-order valence-electron chi connectivity index (χ1n) is 13.5. The van der Waals surface area contributed by atoms with Crippen molar-refractivity contribution in [1.29, 1.82) is 0 Å². The highest BCUT2D eigenvalue weighted by atomic mass is 32.2. The van der Waals surface area contributed by atoms with Gasteiger partial charge in [0.2, 0.25) is 0 Å². The van der Waals surface area contributed by atoms with E-state index in [9.17, 15) is 8.42 Å². The first kappa shape index (κ1) is 27.2. The molecule has 2 atom stereocenters. The summed E-state index contributed by atoms with van der Waals surface area (Å²) >= 11 is 0. The molecule has 3 heterocycles. The van der Waals surface area contributed by atoms with Crippen LogP contribution in [-0.4, -0.2) is 63.6 Å². The maximum absolute atomic E-state index is 13.8. The third kappa shape index (κ3) is 5.15. The number of rotatable bonds is 10. The number of nitrogens with zero attached hydrogens (tertiary/aromatic N) is 3. The van der Waals surface area contributed by atoms with Gasteiger partial charge in [0.1, 0.15) is 23.1 Å². The van der Waals surface area contributed by atoms with Gasteiger partial charge in [0.05, 0.1) is 38.1 Å². The summed E-state index contributed by atoms with van der Waals surface area (Å²) in [6.07, 6.45) is 3.25. The number of hydrogen-bond acceptors (Lipinski definition) is 10. The van der Waals surface area contributed by atoms with Crippen molar-refractivity contribution >= 4 is 38.3 Å². The standard InChI is InChI=1S/C28H34N6O6S/c1-15-8-21(34(2)14-15)17-9-24(38-4)27(25(10-17)39-5)41(35,36)33-28-18-11-23(37-3)20(12-22(18)40-32-28)29-26-13-19(30-31-26)16-6-7-16/h9-13,15-16,21H,6-8,14H2,1-5H3,(H,32,33)(H2,29,30,31)/t15-,21?/m0/s1. The van der Waals surface area contributed by atoms with Crippen LogP contribution in [0.5, 0.6) is 17.2 Å². The highest BCUT2D eigenvalue weighted by Gasteiger charge is 2.33. The number of ether oxygens (including phenoxy) is 3. The van der Waals surface area contributed by atoms with Crippen molar-refractivity contribution in [3.63, 3.8) is 0 Å². The van der Waals surface area contributed by atoms with Gasteiger partial charge >= 0.3 is 0 Å². The lowest BCUT2D eigenvalue weighted by Gasteiger charge is -2.22. The van der Waals surface area contributed by atoms with Crippen molar-refractivity contribution in [3.05, 3.63) is 41.6 Å². The second-order valence-electron chi connectivity index (χ2n) is 10.8. The predicted octanol–water partition coefficient (Wildman–Crippen LogP) is 5.01. The molecule has 4 aromatic rings. The lowest BCUT2D eigenvalue weighted by molar-refractivity contribution is 0.310. The number of likely N-dealkylation sites (tertiary alicyclic amines) is 1. The van der Waals surface area contributed by atoms with Gasteiger partial charge in [0.25, 0.3) is 10.0 Å². The number of hydrogen-bond donors (Lipinski definition) is 3. The number of nitrogens with one attached hydrogen (secondary N) is 3. The second kappa shape index (κ2) is 10.5. The Labute approximate surface area is 238 Å². The van der Waals surface area contributed by atoms with Gasteiger partial charge in [0, 0.05) is 30.6 Å². The molecule has 1 unspecified atom stereocenters. The Morgan fingerprint density at radius 3 is 2.34 bits per heavy atom. The fraction of sp³-hybridized carbons (Fsp3) is 0.429. The van der Waals surface area contributed by atoms with Crippen LogP contribution in [-0.2, 0) is 10.0 Å². The second-order valence-corrected chi connectivity index (χ2v) is 12.5. The van der Waals surface area contributed by atoms with Crippen molar-refractivity contribution in [3.8, 4) is 17.2 Å². The molecule has 0 amide bonds. The zero-order valence-electron chi connectivity index (χ0n) is 23.6. The van der Waals surface area contributed by atoms with E-state index in [0.717, 1.165) is 37.1 Å². The molecule has 0 radical (unpaired) electrons. The minimum absolute atomic E-state index is 0.0138. The maximum atomic E-state index is 13.8. The molecule has 218 valence electrons. The average Bonchev–Trinajstić information content (AvgIpc) is 3.44. The average molecular weight is 583 g/mol. The van der Waals surface area contributed by atoms with Crippen LogP contribution in [0, 0.1) is 5.92 Å². The summed E-state index contributed by atoms with van der Waals surface area (Å²) in [4.78, 5) is 2.13. The molecule has 1 saturated heterocycles. The van der Waals surface area contributed by atoms with Crippen molar-refractivity contribution in [2.24, 2.45) is 5.92 Å². The maximum Gasteiger partial charge on any atom is 0.270 e. The first-order valence-corrected chi connectivity index (χ1v) is 15.0. The Morgan fingerprint density at radius 1 is 1.02 bits per heavy atom. The Bertz CT molecular complexity index is 1670. The number of benzene rings is 2. The molecule has 3 N–H and O–H groups in total. The topological polar surface area (TPSA) is 144 Å². The summed E-state index contributed by atoms with van der Waals surface area (Å²) in [5.41, 5.74) is 2.93. The zero-order valence-corrected chi connectivity index (χ0v) is 24.5. The minimum Gasteiger partial charge on any atom is -0.495 e. The molecule has 12 nitrogen and oxygen atoms in total. The van der Waals surface area contributed by atoms with E-state index in [4.69, 9.17) is 18.7 Å². The van der Waals surface area contributed by atoms with E-state index < -0.39 is 10.0 Å². The number of aromatic nitrogens is 3. The first-order chi connectivity index (χ1) is 19.7. The monoisotopic (exact) mass is 582 g/mol. The lowest BCUT2D eigenvalue weighted by Crippen LogP contribution is -2.19. The molecular formula is C28H34N6O6S. The molecule has 1 saturated carbocycles. The molecule has 2 fully saturated rings. The van der Waals surface area contributed by atoms with Gasteiger partial charge < -0.3 is 24.1 Å². The third-order valence-corrected chi connectivity index (χ3v) is 9.18. The summed E-state index contributed by atoms with van der Waals surface area (Å²) < 4.78 is 52.3. The number of aromatic amines is 1. The normalized spacial score (nSPS) is 19.4. The fourth-order valence-corrected chi connectivity index (χ4v) is 6.94. The molecule has 1 aliphatic heterocycles. The van der Waals surface area contributed by atoms with Crippen molar-refractivity contribution < 1.29 is 27.2 Å². The minimum atomic E-state index is -4.21. The van der Waals surface area contributed by atoms with E-state index in [2.05, 4.69) is 44.3 Å². The fourth-order valence-electron chi connectivity index (χ4n) is 5.62. The van der Waals surface area contributed by atoms with Crippen LogP contribution < -0.4 is 24.2 Å². The molecule has 2 aromatic heterocycles. The summed E-state index contributed by atoms with van der Waals surface area (Å²) in [7, 11) is 2.27. The molecule has 2 aliphatic rings. The number of methoxy groups -OCH3 is 3. The molecule has 13 heteroatoms. The van der Waals surface area contributed by atoms with Gasteiger partial charge in [-0.2, -0.15) is 5.10 Å². The smallest absolute Gasteiger partial charge is 0.270 e. The van der Waals surface area contributed by atoms with Gasteiger partial charge in [-0.05, 0) is 56.0 Å². The summed E-state index contributed by atoms with van der Waals surface area (Å²) in [6, 6.07) is 9.00. The van der Waals surface area contributed by atoms with E-state index >= 15 is 0 Å².